The van der Waals surface area contributed by atoms with Crippen LogP contribution in [0.4, 0.5) is 0 Å². The molecule has 0 saturated carbocycles. The van der Waals surface area contributed by atoms with E-state index in [0.29, 0.717) is 0 Å². The number of hydrogen-bond acceptors (Lipinski definition) is 1. The van der Waals surface area contributed by atoms with Crippen LogP contribution in [0.25, 0.3) is 22.0 Å². The predicted molar refractivity (Wildman–Crippen MR) is 107 cm³/mol. The second-order valence-electron chi connectivity index (χ2n) is 8.84. The highest BCUT2D eigenvalue weighted by Crippen LogP contribution is 2.32. The molecule has 2 nitrogen and oxygen atoms in total. The maximum atomic E-state index is 13.3. The summed E-state index contributed by atoms with van der Waals surface area (Å²) >= 11 is 0. The number of nitrogens with one attached hydrogen (secondary N) is 1. The minimum Gasteiger partial charge on any atom is -0.361 e. The Morgan fingerprint density at radius 1 is 0.800 bits per heavy atom. The first-order chi connectivity index (χ1) is 11.6. The van der Waals surface area contributed by atoms with Crippen molar-refractivity contribution < 1.29 is 0 Å². The molecule has 25 heavy (non-hydrogen) atoms. The van der Waals surface area contributed by atoms with Crippen LogP contribution >= 0.6 is 0 Å². The Morgan fingerprint density at radius 2 is 1.36 bits per heavy atom. The summed E-state index contributed by atoms with van der Waals surface area (Å²) in [7, 11) is 0. The van der Waals surface area contributed by atoms with E-state index in [-0.39, 0.29) is 16.3 Å². The van der Waals surface area contributed by atoms with Crippen LogP contribution in [0.3, 0.4) is 0 Å². The zero-order chi connectivity index (χ0) is 18.4. The molecule has 0 aliphatic carbocycles. The number of aromatic amines is 1. The minimum atomic E-state index is -0.214. The Balaban J connectivity index is 2.46. The third-order valence-electron chi connectivity index (χ3n) is 4.72. The van der Waals surface area contributed by atoms with E-state index in [1.54, 1.807) is 0 Å². The molecule has 1 N–H and O–H groups in total. The van der Waals surface area contributed by atoms with Gasteiger partial charge in [0.05, 0.1) is 0 Å². The van der Waals surface area contributed by atoms with Gasteiger partial charge in [0.1, 0.15) is 0 Å². The van der Waals surface area contributed by atoms with Crippen LogP contribution in [0.2, 0.25) is 0 Å². The zero-order valence-electron chi connectivity index (χ0n) is 16.0. The Labute approximate surface area is 149 Å². The highest BCUT2D eigenvalue weighted by Gasteiger charge is 2.25. The maximum absolute atomic E-state index is 13.3. The van der Waals surface area contributed by atoms with Gasteiger partial charge in [-0.2, -0.15) is 0 Å². The topological polar surface area (TPSA) is 32.9 Å². The molecule has 0 unspecified atom stereocenters. The summed E-state index contributed by atoms with van der Waals surface area (Å²) in [6, 6.07) is 14.4. The summed E-state index contributed by atoms with van der Waals surface area (Å²) in [6.07, 6.45) is 2.04. The molecule has 0 radical (unpaired) electrons. The third kappa shape index (κ3) is 3.26. The molecule has 1 aromatic heterocycles. The normalized spacial score (nSPS) is 12.6. The first kappa shape index (κ1) is 17.5. The van der Waals surface area contributed by atoms with Crippen molar-refractivity contribution in [2.45, 2.75) is 52.4 Å². The van der Waals surface area contributed by atoms with E-state index in [2.05, 4.69) is 64.7 Å². The molecule has 3 rings (SSSR count). The van der Waals surface area contributed by atoms with Crippen molar-refractivity contribution in [1.29, 1.82) is 0 Å². The molecule has 0 amide bonds. The van der Waals surface area contributed by atoms with Gasteiger partial charge < -0.3 is 4.98 Å². The Kier molecular flexibility index (Phi) is 4.10. The van der Waals surface area contributed by atoms with Crippen molar-refractivity contribution >= 4 is 10.9 Å². The highest BCUT2D eigenvalue weighted by molar-refractivity contribution is 5.95. The average molecular weight is 333 g/mol. The third-order valence-corrected chi connectivity index (χ3v) is 4.72. The standard InChI is InChI=1S/C23H27NO/c1-22(2,3)18-12-16-17(15-10-8-7-9-11-15)14-24-20(16)13-19(21(18)25)23(4,5)6/h7-14,24H,1-6H3. The van der Waals surface area contributed by atoms with Gasteiger partial charge in [0.15, 0.2) is 5.43 Å². The number of aromatic nitrogens is 1. The van der Waals surface area contributed by atoms with Crippen molar-refractivity contribution in [2.24, 2.45) is 0 Å². The van der Waals surface area contributed by atoms with E-state index in [1.807, 2.05) is 30.5 Å². The Bertz CT molecular complexity index is 967. The first-order valence-corrected chi connectivity index (χ1v) is 8.85. The molecule has 0 fully saturated rings. The van der Waals surface area contributed by atoms with Crippen LogP contribution in [0, 0.1) is 0 Å². The summed E-state index contributed by atoms with van der Waals surface area (Å²) < 4.78 is 0. The largest absolute Gasteiger partial charge is 0.361 e. The van der Waals surface area contributed by atoms with Crippen LogP contribution in [0.5, 0.6) is 0 Å². The number of fused-ring (bicyclic) bond motifs is 1. The van der Waals surface area contributed by atoms with Crippen molar-refractivity contribution in [3.05, 3.63) is 70.0 Å². The fourth-order valence-corrected chi connectivity index (χ4v) is 3.26. The lowest BCUT2D eigenvalue weighted by Crippen LogP contribution is -2.28. The summed E-state index contributed by atoms with van der Waals surface area (Å²) in [5, 5.41) is 1.10. The minimum absolute atomic E-state index is 0.156. The van der Waals surface area contributed by atoms with Crippen molar-refractivity contribution in [3.8, 4) is 11.1 Å². The molecule has 0 saturated heterocycles. The van der Waals surface area contributed by atoms with Crippen LogP contribution in [0.1, 0.15) is 52.7 Å². The van der Waals surface area contributed by atoms with E-state index in [0.717, 1.165) is 33.2 Å². The summed E-state index contributed by atoms with van der Waals surface area (Å²) in [4.78, 5) is 16.7. The Morgan fingerprint density at radius 3 is 1.92 bits per heavy atom. The molecule has 2 aromatic carbocycles. The smallest absolute Gasteiger partial charge is 0.186 e. The second-order valence-corrected chi connectivity index (χ2v) is 8.84. The number of benzene rings is 1. The van der Waals surface area contributed by atoms with Gasteiger partial charge in [-0.1, -0.05) is 71.9 Å². The summed E-state index contributed by atoms with van der Waals surface area (Å²) in [5.74, 6) is 0. The van der Waals surface area contributed by atoms with E-state index in [1.165, 1.54) is 0 Å². The van der Waals surface area contributed by atoms with Crippen LogP contribution in [-0.2, 0) is 10.8 Å². The first-order valence-electron chi connectivity index (χ1n) is 8.85. The molecule has 130 valence electrons. The predicted octanol–water partition coefficient (Wildman–Crippen LogP) is 5.79. The highest BCUT2D eigenvalue weighted by atomic mass is 16.1. The van der Waals surface area contributed by atoms with Crippen molar-refractivity contribution in [2.75, 3.05) is 0 Å². The van der Waals surface area contributed by atoms with Crippen molar-refractivity contribution in [1.82, 2.24) is 4.98 Å². The van der Waals surface area contributed by atoms with Crippen molar-refractivity contribution in [3.63, 3.8) is 0 Å². The summed E-state index contributed by atoms with van der Waals surface area (Å²) in [6.45, 7) is 12.6. The van der Waals surface area contributed by atoms with Gasteiger partial charge in [0.2, 0.25) is 0 Å². The molecule has 0 spiro atoms. The molecule has 2 heteroatoms. The monoisotopic (exact) mass is 333 g/mol. The van der Waals surface area contributed by atoms with Crippen LogP contribution < -0.4 is 5.43 Å². The lowest BCUT2D eigenvalue weighted by molar-refractivity contribution is 0.564. The molecular weight excluding hydrogens is 306 g/mol. The Hall–Kier alpha value is -2.35. The van der Waals surface area contributed by atoms with E-state index in [4.69, 9.17) is 0 Å². The summed E-state index contributed by atoms with van der Waals surface area (Å²) in [5.41, 5.74) is 4.76. The zero-order valence-corrected chi connectivity index (χ0v) is 16.0. The number of rotatable bonds is 1. The maximum Gasteiger partial charge on any atom is 0.186 e. The second kappa shape index (κ2) is 5.87. The van der Waals surface area contributed by atoms with Gasteiger partial charge >= 0.3 is 0 Å². The van der Waals surface area contributed by atoms with Gasteiger partial charge in [-0.3, -0.25) is 4.79 Å². The molecule has 0 atom stereocenters. The van der Waals surface area contributed by atoms with E-state index >= 15 is 0 Å². The fraction of sp³-hybridized carbons (Fsp3) is 0.348. The number of hydrogen-bond donors (Lipinski definition) is 1. The molecular formula is C23H27NO. The molecule has 0 bridgehead atoms. The average Bonchev–Trinajstić information content (AvgIpc) is 2.83. The van der Waals surface area contributed by atoms with E-state index < -0.39 is 0 Å². The van der Waals surface area contributed by atoms with Gasteiger partial charge in [-0.25, -0.2) is 0 Å². The fourth-order valence-electron chi connectivity index (χ4n) is 3.26. The number of H-pyrrole nitrogens is 1. The van der Waals surface area contributed by atoms with Gasteiger partial charge in [0, 0.05) is 33.8 Å². The molecule has 3 aromatic rings. The lowest BCUT2D eigenvalue weighted by Gasteiger charge is -2.21. The van der Waals surface area contributed by atoms with Crippen LogP contribution in [-0.4, -0.2) is 4.98 Å². The van der Waals surface area contributed by atoms with Gasteiger partial charge in [-0.15, -0.1) is 0 Å². The molecule has 0 aliphatic heterocycles. The lowest BCUT2D eigenvalue weighted by atomic mass is 9.82. The quantitative estimate of drug-likeness (QED) is 0.600. The van der Waals surface area contributed by atoms with Gasteiger partial charge in [0.25, 0.3) is 0 Å². The van der Waals surface area contributed by atoms with Crippen LogP contribution in [0.15, 0.2) is 53.5 Å². The SMILES string of the molecule is CC(C)(C)c1cc2[nH]cc(-c3ccccc3)c2cc(C(C)(C)C)c1=O. The molecule has 0 aliphatic rings. The van der Waals surface area contributed by atoms with Gasteiger partial charge in [-0.05, 0) is 28.5 Å². The molecule has 1 heterocycles. The van der Waals surface area contributed by atoms with E-state index in [9.17, 15) is 4.79 Å².